The maximum atomic E-state index is 9.75. The summed E-state index contributed by atoms with van der Waals surface area (Å²) in [5.74, 6) is 0. The first kappa shape index (κ1) is 26.4. The molecule has 0 saturated carbocycles. The Morgan fingerprint density at radius 3 is 0.652 bits per heavy atom. The molecule has 23 heavy (non-hydrogen) atoms. The Labute approximate surface area is 141 Å². The monoisotopic (exact) mass is 438 g/mol. The normalized spacial score (nSPS) is 9.39. The molecule has 2 nitrogen and oxygen atoms in total. The van der Waals surface area contributed by atoms with Crippen LogP contribution >= 0.6 is 0 Å². The van der Waals surface area contributed by atoms with Crippen LogP contribution in [0.25, 0.3) is 0 Å². The van der Waals surface area contributed by atoms with Crippen LogP contribution in [-0.2, 0) is 20.4 Å². The van der Waals surface area contributed by atoms with E-state index in [9.17, 15) is 34.5 Å². The number of hydrogen-bond donors (Lipinski definition) is 0. The van der Waals surface area contributed by atoms with Gasteiger partial charge in [-0.25, -0.2) is 0 Å². The van der Waals surface area contributed by atoms with Crippen molar-refractivity contribution in [1.29, 1.82) is 0 Å². The second-order valence-corrected chi connectivity index (χ2v) is 3.04. The van der Waals surface area contributed by atoms with Gasteiger partial charge in [-0.15, -0.1) is 0 Å². The Bertz CT molecular complexity index is 335. The molecule has 0 bridgehead atoms. The van der Waals surface area contributed by atoms with E-state index in [-0.39, 0.29) is 20.4 Å². The maximum absolute atomic E-state index is 9.75. The molecule has 0 unspecified atom stereocenters. The molecule has 0 atom stereocenters. The third kappa shape index (κ3) is 63.6. The second-order valence-electron chi connectivity index (χ2n) is 3.04. The van der Waals surface area contributed by atoms with Crippen LogP contribution in [0.4, 0.5) is 34.5 Å². The number of aromatic nitrogens is 2. The average Bonchev–Trinajstić information content (AvgIpc) is 2.40. The van der Waals surface area contributed by atoms with Crippen molar-refractivity contribution in [2.75, 3.05) is 0 Å². The van der Waals surface area contributed by atoms with E-state index in [0.717, 1.165) is 0 Å². The summed E-state index contributed by atoms with van der Waals surface area (Å²) in [6, 6.07) is 11.4. The first-order chi connectivity index (χ1) is 10.0. The molecule has 2 aromatic heterocycles. The van der Waals surface area contributed by atoms with Crippen molar-refractivity contribution in [3.8, 4) is 0 Å². The van der Waals surface area contributed by atoms with Gasteiger partial charge in [0.15, 0.2) is 0 Å². The van der Waals surface area contributed by atoms with Crippen LogP contribution < -0.4 is 0 Å². The number of pyridine rings is 2. The zero-order valence-corrected chi connectivity index (χ0v) is 12.7. The van der Waals surface area contributed by atoms with Gasteiger partial charge >= 0.3 is 34.9 Å². The Morgan fingerprint density at radius 2 is 0.609 bits per heavy atom. The summed E-state index contributed by atoms with van der Waals surface area (Å²) in [4.78, 5) is 7.57. The Hall–Kier alpha value is -1.47. The van der Waals surface area contributed by atoms with Gasteiger partial charge in [-0.3, -0.25) is 9.97 Å². The molecule has 0 spiro atoms. The minimum absolute atomic E-state index is 0. The molecule has 0 aliphatic heterocycles. The van der Waals surface area contributed by atoms with Crippen LogP contribution in [0, 0.1) is 0 Å². The molecule has 13 heteroatoms. The molecule has 0 saturated heterocycles. The molecule has 0 aliphatic rings. The van der Waals surface area contributed by atoms with E-state index in [1.165, 1.54) is 0 Å². The van der Waals surface area contributed by atoms with Gasteiger partial charge in [-0.05, 0) is 24.3 Å². The third-order valence-electron chi connectivity index (χ3n) is 1.13. The topological polar surface area (TPSA) is 25.8 Å². The molecule has 2 heterocycles. The second kappa shape index (κ2) is 15.4. The summed E-state index contributed by atoms with van der Waals surface area (Å²) in [6.07, 6.45) is 7.00. The zero-order valence-electron chi connectivity index (χ0n) is 11.2. The van der Waals surface area contributed by atoms with Crippen LogP contribution in [0.1, 0.15) is 0 Å². The van der Waals surface area contributed by atoms with Gasteiger partial charge in [0.2, 0.25) is 0 Å². The quantitative estimate of drug-likeness (QED) is 0.438. The van der Waals surface area contributed by atoms with Crippen molar-refractivity contribution < 1.29 is 54.9 Å². The summed E-state index contributed by atoms with van der Waals surface area (Å²) in [6.45, 7) is 0. The Balaban J connectivity index is -0.000000230. The van der Waals surface area contributed by atoms with Gasteiger partial charge in [0.1, 0.15) is 0 Å². The van der Waals surface area contributed by atoms with Crippen molar-refractivity contribution >= 4 is 14.5 Å². The van der Waals surface area contributed by atoms with Crippen molar-refractivity contribution in [3.63, 3.8) is 0 Å². The fourth-order valence-electron chi connectivity index (χ4n) is 0.625. The summed E-state index contributed by atoms with van der Waals surface area (Å²) >= 11 is 0. The number of hydrogen-bond acceptors (Lipinski definition) is 2. The summed E-state index contributed by atoms with van der Waals surface area (Å²) in [5.41, 5.74) is 0. The van der Waals surface area contributed by atoms with E-state index in [0.29, 0.717) is 0 Å². The van der Waals surface area contributed by atoms with Gasteiger partial charge < -0.3 is 34.5 Å². The number of halogens is 8. The predicted octanol–water partition coefficient (Wildman–Crippen LogP) is 4.76. The summed E-state index contributed by atoms with van der Waals surface area (Å²) in [5, 5.41) is 0. The van der Waals surface area contributed by atoms with Crippen molar-refractivity contribution in [2.45, 2.75) is 0 Å². The average molecular weight is 438 g/mol. The van der Waals surface area contributed by atoms with Gasteiger partial charge in [0, 0.05) is 24.8 Å². The van der Waals surface area contributed by atoms with Crippen molar-refractivity contribution in [3.05, 3.63) is 61.2 Å². The Kier molecular flexibility index (Phi) is 17.7. The van der Waals surface area contributed by atoms with Gasteiger partial charge in [-0.2, -0.15) is 0 Å². The third-order valence-corrected chi connectivity index (χ3v) is 1.13. The first-order valence-electron chi connectivity index (χ1n) is 5.45. The van der Waals surface area contributed by atoms with Crippen LogP contribution in [0.5, 0.6) is 0 Å². The van der Waals surface area contributed by atoms with E-state index in [2.05, 4.69) is 9.97 Å². The minimum atomic E-state index is -6.00. The van der Waals surface area contributed by atoms with Gasteiger partial charge in [-0.1, -0.05) is 12.1 Å². The summed E-state index contributed by atoms with van der Waals surface area (Å²) < 4.78 is 78.0. The molecule has 0 aromatic carbocycles. The van der Waals surface area contributed by atoms with Crippen LogP contribution in [0.15, 0.2) is 61.2 Å². The largest absolute Gasteiger partial charge is 2.00 e. The smallest absolute Gasteiger partial charge is 0.418 e. The molecule has 0 radical (unpaired) electrons. The molecular formula is C10H10B2F8N2Pd. The molecule has 0 aliphatic carbocycles. The van der Waals surface area contributed by atoms with Gasteiger partial charge in [0.05, 0.1) is 0 Å². The predicted molar refractivity (Wildman–Crippen MR) is 68.8 cm³/mol. The van der Waals surface area contributed by atoms with Crippen LogP contribution in [0.2, 0.25) is 0 Å². The number of rotatable bonds is 0. The van der Waals surface area contributed by atoms with Crippen molar-refractivity contribution in [2.24, 2.45) is 0 Å². The van der Waals surface area contributed by atoms with E-state index >= 15 is 0 Å². The van der Waals surface area contributed by atoms with Crippen LogP contribution in [-0.4, -0.2) is 24.5 Å². The van der Waals surface area contributed by atoms with E-state index in [4.69, 9.17) is 0 Å². The standard InChI is InChI=1S/2C5H5N.2BF4.Pd/c2*1-2-4-6-5-3-1;2*2-1(3,4)5;/h2*1-5H;;;/q;;2*-1;+2. The SMILES string of the molecule is F[B-](F)(F)F.F[B-](F)(F)F.[Pd+2].c1ccncc1.c1ccncc1. The Morgan fingerprint density at radius 1 is 0.435 bits per heavy atom. The van der Waals surface area contributed by atoms with E-state index in [1.807, 2.05) is 36.4 Å². The zero-order chi connectivity index (χ0) is 17.5. The minimum Gasteiger partial charge on any atom is -0.418 e. The fraction of sp³-hybridized carbons (Fsp3) is 0. The van der Waals surface area contributed by atoms with Crippen LogP contribution in [0.3, 0.4) is 0 Å². The number of nitrogens with zero attached hydrogens (tertiary/aromatic N) is 2. The van der Waals surface area contributed by atoms with Crippen molar-refractivity contribution in [1.82, 2.24) is 9.97 Å². The first-order valence-corrected chi connectivity index (χ1v) is 5.45. The molecule has 132 valence electrons. The summed E-state index contributed by atoms with van der Waals surface area (Å²) in [7, 11) is -12.0. The molecule has 0 fully saturated rings. The molecule has 0 amide bonds. The van der Waals surface area contributed by atoms with E-state index < -0.39 is 14.5 Å². The maximum Gasteiger partial charge on any atom is 2.00 e. The molecular weight excluding hydrogens is 428 g/mol. The fourth-order valence-corrected chi connectivity index (χ4v) is 0.625. The van der Waals surface area contributed by atoms with Gasteiger partial charge in [0.25, 0.3) is 0 Å². The van der Waals surface area contributed by atoms with E-state index in [1.54, 1.807) is 24.8 Å². The molecule has 2 aromatic rings. The molecule has 2 rings (SSSR count). The molecule has 0 N–H and O–H groups in total.